The minimum atomic E-state index is -0.448. The van der Waals surface area contributed by atoms with Crippen molar-refractivity contribution >= 4 is 16.7 Å². The largest absolute Gasteiger partial charge is 0.505 e. The van der Waals surface area contributed by atoms with Crippen LogP contribution < -0.4 is 14.8 Å². The zero-order valence-corrected chi connectivity index (χ0v) is 17.8. The third-order valence-electron chi connectivity index (χ3n) is 5.12. The molecule has 0 unspecified atom stereocenters. The average Bonchev–Trinajstić information content (AvgIpc) is 2.78. The van der Waals surface area contributed by atoms with Crippen molar-refractivity contribution in [3.8, 4) is 17.2 Å². The third kappa shape index (κ3) is 4.10. The van der Waals surface area contributed by atoms with E-state index in [1.807, 2.05) is 68.4 Å². The maximum Gasteiger partial charge on any atom is 0.166 e. The van der Waals surface area contributed by atoms with E-state index in [-0.39, 0.29) is 5.75 Å². The Morgan fingerprint density at radius 1 is 1.00 bits per heavy atom. The first-order chi connectivity index (χ1) is 15.1. The molecule has 0 aliphatic rings. The standard InChI is InChI=1S/C25H25N3O3/c1-4-31-20-9-5-8-19(25(20)30-3)23(28-21-15-16(2)12-14-26-21)18-11-10-17-7-6-13-27-22(17)24(18)29/h5-15,23,29H,4H2,1-3H3,(H,26,28)/t23-/m1/s1. The van der Waals surface area contributed by atoms with Gasteiger partial charge < -0.3 is 19.9 Å². The number of ether oxygens (including phenoxy) is 2. The van der Waals surface area contributed by atoms with E-state index in [0.29, 0.717) is 35.0 Å². The molecule has 1 atom stereocenters. The van der Waals surface area contributed by atoms with Crippen molar-refractivity contribution in [1.82, 2.24) is 9.97 Å². The van der Waals surface area contributed by atoms with Gasteiger partial charge in [-0.25, -0.2) is 4.98 Å². The highest BCUT2D eigenvalue weighted by molar-refractivity contribution is 5.86. The number of nitrogens with zero attached hydrogens (tertiary/aromatic N) is 2. The number of aromatic nitrogens is 2. The number of nitrogens with one attached hydrogen (secondary N) is 1. The van der Waals surface area contributed by atoms with E-state index in [9.17, 15) is 5.11 Å². The van der Waals surface area contributed by atoms with Gasteiger partial charge in [0.1, 0.15) is 17.1 Å². The van der Waals surface area contributed by atoms with Crippen LogP contribution in [0.4, 0.5) is 5.82 Å². The van der Waals surface area contributed by atoms with Crippen LogP contribution in [0.2, 0.25) is 0 Å². The van der Waals surface area contributed by atoms with Crippen LogP contribution in [0.3, 0.4) is 0 Å². The number of phenolic OH excluding ortho intramolecular Hbond substituents is 1. The van der Waals surface area contributed by atoms with Gasteiger partial charge in [0, 0.05) is 28.9 Å². The molecule has 4 rings (SSSR count). The highest BCUT2D eigenvalue weighted by Crippen LogP contribution is 2.42. The fraction of sp³-hybridized carbons (Fsp3) is 0.200. The van der Waals surface area contributed by atoms with Gasteiger partial charge in [-0.05, 0) is 43.7 Å². The number of aryl methyl sites for hydroxylation is 1. The molecular weight excluding hydrogens is 390 g/mol. The molecule has 0 aliphatic carbocycles. The maximum absolute atomic E-state index is 11.2. The number of benzene rings is 2. The number of anilines is 1. The molecule has 0 amide bonds. The van der Waals surface area contributed by atoms with Crippen molar-refractivity contribution in [2.24, 2.45) is 0 Å². The number of hydrogen-bond acceptors (Lipinski definition) is 6. The lowest BCUT2D eigenvalue weighted by molar-refractivity contribution is 0.308. The number of phenols is 1. The second-order valence-electron chi connectivity index (χ2n) is 7.19. The molecule has 4 aromatic rings. The normalized spacial score (nSPS) is 11.8. The van der Waals surface area contributed by atoms with Crippen molar-refractivity contribution in [3.63, 3.8) is 0 Å². The highest BCUT2D eigenvalue weighted by Gasteiger charge is 2.25. The van der Waals surface area contributed by atoms with Gasteiger partial charge in [-0.15, -0.1) is 0 Å². The third-order valence-corrected chi connectivity index (χ3v) is 5.12. The van der Waals surface area contributed by atoms with Crippen LogP contribution in [0, 0.1) is 6.92 Å². The Hall–Kier alpha value is -3.80. The van der Waals surface area contributed by atoms with E-state index in [4.69, 9.17) is 9.47 Å². The first-order valence-corrected chi connectivity index (χ1v) is 10.2. The SMILES string of the molecule is CCOc1cccc([C@H](Nc2cc(C)ccn2)c2ccc3cccnc3c2O)c1OC. The minimum Gasteiger partial charge on any atom is -0.505 e. The highest BCUT2D eigenvalue weighted by atomic mass is 16.5. The zero-order valence-electron chi connectivity index (χ0n) is 17.8. The molecule has 0 saturated heterocycles. The fourth-order valence-corrected chi connectivity index (χ4v) is 3.71. The second-order valence-corrected chi connectivity index (χ2v) is 7.19. The summed E-state index contributed by atoms with van der Waals surface area (Å²) in [5.41, 5.74) is 3.11. The van der Waals surface area contributed by atoms with Crippen LogP contribution in [-0.4, -0.2) is 28.8 Å². The van der Waals surface area contributed by atoms with Crippen LogP contribution >= 0.6 is 0 Å². The molecule has 2 aromatic carbocycles. The molecule has 2 aromatic heterocycles. The van der Waals surface area contributed by atoms with E-state index >= 15 is 0 Å². The van der Waals surface area contributed by atoms with Gasteiger partial charge in [-0.1, -0.05) is 30.3 Å². The molecule has 2 heterocycles. The van der Waals surface area contributed by atoms with Crippen molar-refractivity contribution in [1.29, 1.82) is 0 Å². The summed E-state index contributed by atoms with van der Waals surface area (Å²) in [5.74, 6) is 2.06. The van der Waals surface area contributed by atoms with Crippen LogP contribution in [-0.2, 0) is 0 Å². The molecule has 0 radical (unpaired) electrons. The fourth-order valence-electron chi connectivity index (χ4n) is 3.71. The Morgan fingerprint density at radius 2 is 1.87 bits per heavy atom. The van der Waals surface area contributed by atoms with E-state index < -0.39 is 6.04 Å². The molecule has 0 aliphatic heterocycles. The summed E-state index contributed by atoms with van der Waals surface area (Å²) in [6, 6.07) is 16.8. The maximum atomic E-state index is 11.2. The number of hydrogen-bond donors (Lipinski definition) is 2. The first kappa shape index (κ1) is 20.5. The molecule has 0 saturated carbocycles. The summed E-state index contributed by atoms with van der Waals surface area (Å²) in [7, 11) is 1.62. The quantitative estimate of drug-likeness (QED) is 0.429. The average molecular weight is 415 g/mol. The molecule has 0 spiro atoms. The van der Waals surface area contributed by atoms with Gasteiger partial charge in [0.25, 0.3) is 0 Å². The summed E-state index contributed by atoms with van der Waals surface area (Å²) in [6.07, 6.45) is 3.43. The van der Waals surface area contributed by atoms with Gasteiger partial charge >= 0.3 is 0 Å². The monoisotopic (exact) mass is 415 g/mol. The lowest BCUT2D eigenvalue weighted by Gasteiger charge is -2.25. The van der Waals surface area contributed by atoms with Crippen LogP contribution in [0.15, 0.2) is 67.0 Å². The number of rotatable bonds is 7. The van der Waals surface area contributed by atoms with Gasteiger partial charge in [0.15, 0.2) is 11.5 Å². The Balaban J connectivity index is 1.91. The van der Waals surface area contributed by atoms with Crippen LogP contribution in [0.1, 0.15) is 29.7 Å². The summed E-state index contributed by atoms with van der Waals surface area (Å²) < 4.78 is 11.5. The Labute approximate surface area is 181 Å². The Kier molecular flexibility index (Phi) is 5.89. The van der Waals surface area contributed by atoms with Gasteiger partial charge in [0.05, 0.1) is 19.8 Å². The van der Waals surface area contributed by atoms with E-state index in [2.05, 4.69) is 15.3 Å². The number of fused-ring (bicyclic) bond motifs is 1. The van der Waals surface area contributed by atoms with Gasteiger partial charge in [-0.2, -0.15) is 0 Å². The Morgan fingerprint density at radius 3 is 2.65 bits per heavy atom. The molecular formula is C25H25N3O3. The summed E-state index contributed by atoms with van der Waals surface area (Å²) in [4.78, 5) is 8.84. The first-order valence-electron chi connectivity index (χ1n) is 10.2. The number of para-hydroxylation sites is 1. The molecule has 0 bridgehead atoms. The zero-order chi connectivity index (χ0) is 21.8. The molecule has 158 valence electrons. The van der Waals surface area contributed by atoms with Crippen LogP contribution in [0.5, 0.6) is 17.2 Å². The molecule has 31 heavy (non-hydrogen) atoms. The smallest absolute Gasteiger partial charge is 0.166 e. The van der Waals surface area contributed by atoms with Gasteiger partial charge in [-0.3, -0.25) is 4.98 Å². The lowest BCUT2D eigenvalue weighted by atomic mass is 9.95. The van der Waals surface area contributed by atoms with E-state index in [1.165, 1.54) is 0 Å². The van der Waals surface area contributed by atoms with Crippen molar-refractivity contribution < 1.29 is 14.6 Å². The van der Waals surface area contributed by atoms with E-state index in [1.54, 1.807) is 19.5 Å². The summed E-state index contributed by atoms with van der Waals surface area (Å²) in [6.45, 7) is 4.46. The lowest BCUT2D eigenvalue weighted by Crippen LogP contribution is -2.15. The number of methoxy groups -OCH3 is 1. The molecule has 6 nitrogen and oxygen atoms in total. The Bertz CT molecular complexity index is 1210. The van der Waals surface area contributed by atoms with Crippen molar-refractivity contribution in [2.75, 3.05) is 19.0 Å². The number of pyridine rings is 2. The van der Waals surface area contributed by atoms with Crippen molar-refractivity contribution in [2.45, 2.75) is 19.9 Å². The molecule has 0 fully saturated rings. The minimum absolute atomic E-state index is 0.118. The molecule has 6 heteroatoms. The molecule has 2 N–H and O–H groups in total. The predicted octanol–water partition coefficient (Wildman–Crippen LogP) is 5.25. The van der Waals surface area contributed by atoms with E-state index in [0.717, 1.165) is 16.5 Å². The topological polar surface area (TPSA) is 76.5 Å². The van der Waals surface area contributed by atoms with Crippen LogP contribution in [0.25, 0.3) is 10.9 Å². The summed E-state index contributed by atoms with van der Waals surface area (Å²) in [5, 5.41) is 15.5. The van der Waals surface area contributed by atoms with Gasteiger partial charge in [0.2, 0.25) is 0 Å². The summed E-state index contributed by atoms with van der Waals surface area (Å²) >= 11 is 0. The van der Waals surface area contributed by atoms with Crippen molar-refractivity contribution in [3.05, 3.63) is 83.7 Å². The predicted molar refractivity (Wildman–Crippen MR) is 122 cm³/mol. The number of aromatic hydroxyl groups is 1. The second kappa shape index (κ2) is 8.92.